The second-order valence-corrected chi connectivity index (χ2v) is 3.78. The average molecular weight is 232 g/mol. The number of aryl methyl sites for hydroxylation is 3. The Morgan fingerprint density at radius 3 is 2.47 bits per heavy atom. The van der Waals surface area contributed by atoms with E-state index in [1.807, 2.05) is 13.8 Å². The maximum absolute atomic E-state index is 10.9. The highest BCUT2D eigenvalue weighted by Gasteiger charge is 2.13. The molecule has 0 aliphatic heterocycles. The molecule has 2 aromatic rings. The van der Waals surface area contributed by atoms with E-state index in [0.717, 1.165) is 11.4 Å². The van der Waals surface area contributed by atoms with Gasteiger partial charge >= 0.3 is 5.97 Å². The van der Waals surface area contributed by atoms with Gasteiger partial charge in [0.25, 0.3) is 0 Å². The monoisotopic (exact) mass is 232 g/mol. The predicted molar refractivity (Wildman–Crippen MR) is 60.3 cm³/mol. The normalized spacial score (nSPS) is 10.5. The van der Waals surface area contributed by atoms with Crippen LogP contribution in [0.3, 0.4) is 0 Å². The molecule has 0 amide bonds. The Hall–Kier alpha value is -2.24. The Morgan fingerprint density at radius 2 is 1.94 bits per heavy atom. The van der Waals surface area contributed by atoms with E-state index >= 15 is 0 Å². The zero-order chi connectivity index (χ0) is 12.6. The molecule has 2 heterocycles. The maximum Gasteiger partial charge on any atom is 0.339 e. The van der Waals surface area contributed by atoms with E-state index in [2.05, 4.69) is 15.1 Å². The molecule has 2 aromatic heterocycles. The molecule has 0 atom stereocenters. The van der Waals surface area contributed by atoms with Gasteiger partial charge in [-0.05, 0) is 20.8 Å². The summed E-state index contributed by atoms with van der Waals surface area (Å²) in [6.45, 7) is 5.36. The molecule has 0 saturated heterocycles. The number of rotatable bonds is 2. The predicted octanol–water partition coefficient (Wildman–Crippen LogP) is 1.29. The van der Waals surface area contributed by atoms with Crippen LogP contribution in [-0.2, 0) is 0 Å². The molecule has 6 heteroatoms. The third-order valence-corrected chi connectivity index (χ3v) is 2.54. The molecule has 2 rings (SSSR count). The van der Waals surface area contributed by atoms with Crippen molar-refractivity contribution < 1.29 is 9.90 Å². The van der Waals surface area contributed by atoms with Crippen molar-refractivity contribution in [3.63, 3.8) is 0 Å². The molecule has 0 unspecified atom stereocenters. The number of carboxylic acids is 1. The summed E-state index contributed by atoms with van der Waals surface area (Å²) in [4.78, 5) is 19.4. The molecule has 0 saturated carbocycles. The Morgan fingerprint density at radius 1 is 1.24 bits per heavy atom. The van der Waals surface area contributed by atoms with Gasteiger partial charge in [-0.15, -0.1) is 0 Å². The van der Waals surface area contributed by atoms with Gasteiger partial charge in [-0.25, -0.2) is 14.5 Å². The zero-order valence-electron chi connectivity index (χ0n) is 9.80. The molecule has 0 fully saturated rings. The lowest BCUT2D eigenvalue weighted by atomic mass is 10.3. The summed E-state index contributed by atoms with van der Waals surface area (Å²) < 4.78 is 1.43. The molecule has 0 aliphatic rings. The topological polar surface area (TPSA) is 80.9 Å². The van der Waals surface area contributed by atoms with Crippen molar-refractivity contribution in [3.8, 4) is 5.82 Å². The van der Waals surface area contributed by atoms with Gasteiger partial charge in [0, 0.05) is 6.20 Å². The summed E-state index contributed by atoms with van der Waals surface area (Å²) in [5, 5.41) is 13.0. The van der Waals surface area contributed by atoms with Crippen LogP contribution in [0.25, 0.3) is 5.82 Å². The van der Waals surface area contributed by atoms with Gasteiger partial charge in [0.15, 0.2) is 5.82 Å². The minimum Gasteiger partial charge on any atom is -0.478 e. The van der Waals surface area contributed by atoms with E-state index < -0.39 is 5.97 Å². The SMILES string of the molecule is Cc1nn(-c2cnc(C)c(C)n2)cc1C(=O)O. The first-order chi connectivity index (χ1) is 7.99. The Labute approximate surface area is 98.0 Å². The fourth-order valence-corrected chi connectivity index (χ4v) is 1.43. The smallest absolute Gasteiger partial charge is 0.339 e. The molecular formula is C11H12N4O2. The highest BCUT2D eigenvalue weighted by molar-refractivity contribution is 5.88. The van der Waals surface area contributed by atoms with Gasteiger partial charge in [0.2, 0.25) is 0 Å². The summed E-state index contributed by atoms with van der Waals surface area (Å²) in [7, 11) is 0. The van der Waals surface area contributed by atoms with Gasteiger partial charge in [0.1, 0.15) is 5.56 Å². The summed E-state index contributed by atoms with van der Waals surface area (Å²) in [6, 6.07) is 0. The van der Waals surface area contributed by atoms with E-state index in [4.69, 9.17) is 5.11 Å². The van der Waals surface area contributed by atoms with Crippen LogP contribution in [0.15, 0.2) is 12.4 Å². The third-order valence-electron chi connectivity index (χ3n) is 2.54. The lowest BCUT2D eigenvalue weighted by Gasteiger charge is -2.02. The molecule has 0 radical (unpaired) electrons. The van der Waals surface area contributed by atoms with Crippen LogP contribution in [0.4, 0.5) is 0 Å². The van der Waals surface area contributed by atoms with Crippen molar-refractivity contribution in [2.75, 3.05) is 0 Å². The van der Waals surface area contributed by atoms with E-state index in [9.17, 15) is 4.79 Å². The maximum atomic E-state index is 10.9. The number of nitrogens with zero attached hydrogens (tertiary/aromatic N) is 4. The first-order valence-electron chi connectivity index (χ1n) is 5.09. The number of aromatic nitrogens is 4. The van der Waals surface area contributed by atoms with Crippen molar-refractivity contribution in [2.45, 2.75) is 20.8 Å². The second kappa shape index (κ2) is 3.97. The van der Waals surface area contributed by atoms with Crippen LogP contribution in [0.5, 0.6) is 0 Å². The summed E-state index contributed by atoms with van der Waals surface area (Å²) in [5.41, 5.74) is 2.27. The second-order valence-electron chi connectivity index (χ2n) is 3.78. The molecule has 0 spiro atoms. The average Bonchev–Trinajstić information content (AvgIpc) is 2.64. The van der Waals surface area contributed by atoms with Crippen LogP contribution >= 0.6 is 0 Å². The highest BCUT2D eigenvalue weighted by atomic mass is 16.4. The minimum absolute atomic E-state index is 0.171. The number of hydrogen-bond donors (Lipinski definition) is 1. The minimum atomic E-state index is -0.995. The van der Waals surface area contributed by atoms with Crippen LogP contribution in [0.2, 0.25) is 0 Å². The number of carbonyl (C=O) groups is 1. The van der Waals surface area contributed by atoms with E-state index in [-0.39, 0.29) is 5.56 Å². The first-order valence-corrected chi connectivity index (χ1v) is 5.09. The van der Waals surface area contributed by atoms with E-state index in [1.165, 1.54) is 10.9 Å². The summed E-state index contributed by atoms with van der Waals surface area (Å²) in [6.07, 6.45) is 3.01. The fourth-order valence-electron chi connectivity index (χ4n) is 1.43. The van der Waals surface area contributed by atoms with Gasteiger partial charge in [-0.3, -0.25) is 4.98 Å². The molecular weight excluding hydrogens is 220 g/mol. The van der Waals surface area contributed by atoms with Gasteiger partial charge in [0.05, 0.1) is 23.3 Å². The van der Waals surface area contributed by atoms with Gasteiger partial charge < -0.3 is 5.11 Å². The summed E-state index contributed by atoms with van der Waals surface area (Å²) in [5.74, 6) is -0.478. The fraction of sp³-hybridized carbons (Fsp3) is 0.273. The van der Waals surface area contributed by atoms with E-state index in [0.29, 0.717) is 11.5 Å². The van der Waals surface area contributed by atoms with Crippen molar-refractivity contribution in [2.24, 2.45) is 0 Å². The van der Waals surface area contributed by atoms with Crippen LogP contribution in [-0.4, -0.2) is 30.8 Å². The van der Waals surface area contributed by atoms with Crippen LogP contribution in [0.1, 0.15) is 27.4 Å². The van der Waals surface area contributed by atoms with Gasteiger partial charge in [-0.1, -0.05) is 0 Å². The lowest BCUT2D eigenvalue weighted by molar-refractivity contribution is 0.0696. The number of aromatic carboxylic acids is 1. The molecule has 0 bridgehead atoms. The number of carboxylic acid groups (broad SMARTS) is 1. The third kappa shape index (κ3) is 2.01. The molecule has 0 aliphatic carbocycles. The Bertz CT molecular complexity index is 589. The standard InChI is InChI=1S/C11H12N4O2/c1-6-7(2)13-10(4-12-6)15-5-9(11(16)17)8(3)14-15/h4-5H,1-3H3,(H,16,17). The van der Waals surface area contributed by atoms with Crippen molar-refractivity contribution in [1.29, 1.82) is 0 Å². The molecule has 88 valence electrons. The van der Waals surface area contributed by atoms with Crippen molar-refractivity contribution >= 4 is 5.97 Å². The first kappa shape index (κ1) is 11.3. The number of hydrogen-bond acceptors (Lipinski definition) is 4. The van der Waals surface area contributed by atoms with Crippen molar-refractivity contribution in [3.05, 3.63) is 35.0 Å². The van der Waals surface area contributed by atoms with Crippen LogP contribution < -0.4 is 0 Å². The molecule has 17 heavy (non-hydrogen) atoms. The Kier molecular flexibility index (Phi) is 2.63. The van der Waals surface area contributed by atoms with Gasteiger partial charge in [-0.2, -0.15) is 5.10 Å². The highest BCUT2D eigenvalue weighted by Crippen LogP contribution is 2.10. The van der Waals surface area contributed by atoms with E-state index in [1.54, 1.807) is 13.1 Å². The Balaban J connectivity index is 2.50. The van der Waals surface area contributed by atoms with Crippen LogP contribution in [0, 0.1) is 20.8 Å². The molecule has 1 N–H and O–H groups in total. The molecule has 0 aromatic carbocycles. The summed E-state index contributed by atoms with van der Waals surface area (Å²) >= 11 is 0. The zero-order valence-corrected chi connectivity index (χ0v) is 9.80. The largest absolute Gasteiger partial charge is 0.478 e. The lowest BCUT2D eigenvalue weighted by Crippen LogP contribution is -2.02. The molecule has 6 nitrogen and oxygen atoms in total. The quantitative estimate of drug-likeness (QED) is 0.843. The van der Waals surface area contributed by atoms with Crippen molar-refractivity contribution in [1.82, 2.24) is 19.7 Å².